The van der Waals surface area contributed by atoms with Gasteiger partial charge in [0.05, 0.1) is 17.8 Å². The molecule has 0 aliphatic carbocycles. The number of aromatic nitrogens is 2. The first-order valence-corrected chi connectivity index (χ1v) is 5.15. The second-order valence-electron chi connectivity index (χ2n) is 3.49. The van der Waals surface area contributed by atoms with Crippen molar-refractivity contribution in [2.45, 2.75) is 33.3 Å². The Bertz CT molecular complexity index is 301. The minimum atomic E-state index is -0.164. The van der Waals surface area contributed by atoms with Gasteiger partial charge in [-0.15, -0.1) is 0 Å². The van der Waals surface area contributed by atoms with Crippen LogP contribution < -0.4 is 0 Å². The third kappa shape index (κ3) is 4.06. The van der Waals surface area contributed by atoms with E-state index in [0.717, 1.165) is 12.8 Å². The molecule has 0 fully saturated rings. The fraction of sp³-hybridized carbons (Fsp3) is 0.545. The van der Waals surface area contributed by atoms with Crippen molar-refractivity contribution in [2.24, 2.45) is 5.92 Å². The van der Waals surface area contributed by atoms with Crippen molar-refractivity contribution in [3.8, 4) is 0 Å². The number of carbonyl (C=O) groups excluding carboxylic acids is 1. The summed E-state index contributed by atoms with van der Waals surface area (Å²) in [5.41, 5.74) is 0.676. The molecule has 82 valence electrons. The van der Waals surface area contributed by atoms with E-state index in [1.54, 1.807) is 18.6 Å². The van der Waals surface area contributed by atoms with E-state index in [-0.39, 0.29) is 18.5 Å². The van der Waals surface area contributed by atoms with Gasteiger partial charge in [-0.2, -0.15) is 0 Å². The van der Waals surface area contributed by atoms with Crippen molar-refractivity contribution in [1.29, 1.82) is 0 Å². The Labute approximate surface area is 89.7 Å². The molecule has 4 nitrogen and oxygen atoms in total. The van der Waals surface area contributed by atoms with Crippen molar-refractivity contribution in [2.75, 3.05) is 0 Å². The van der Waals surface area contributed by atoms with Crippen LogP contribution in [-0.2, 0) is 16.1 Å². The van der Waals surface area contributed by atoms with Crippen LogP contribution >= 0.6 is 0 Å². The van der Waals surface area contributed by atoms with E-state index in [1.165, 1.54) is 0 Å². The number of carbonyl (C=O) groups is 1. The average molecular weight is 208 g/mol. The number of esters is 1. The van der Waals surface area contributed by atoms with Crippen LogP contribution in [-0.4, -0.2) is 15.9 Å². The molecule has 1 aromatic heterocycles. The zero-order chi connectivity index (χ0) is 11.1. The van der Waals surface area contributed by atoms with Crippen LogP contribution in [0.4, 0.5) is 0 Å². The Hall–Kier alpha value is -1.45. The predicted octanol–water partition coefficient (Wildman–Crippen LogP) is 1.96. The predicted molar refractivity (Wildman–Crippen MR) is 55.9 cm³/mol. The molecule has 0 aliphatic heterocycles. The molecule has 0 aromatic carbocycles. The zero-order valence-corrected chi connectivity index (χ0v) is 9.14. The van der Waals surface area contributed by atoms with E-state index < -0.39 is 0 Å². The molecule has 1 aromatic rings. The minimum Gasteiger partial charge on any atom is -0.459 e. The third-order valence-corrected chi connectivity index (χ3v) is 2.10. The number of rotatable bonds is 5. The lowest BCUT2D eigenvalue weighted by atomic mass is 10.1. The molecule has 1 unspecified atom stereocenters. The largest absolute Gasteiger partial charge is 0.459 e. The van der Waals surface area contributed by atoms with Gasteiger partial charge in [0.25, 0.3) is 0 Å². The summed E-state index contributed by atoms with van der Waals surface area (Å²) in [6.45, 7) is 4.13. The van der Waals surface area contributed by atoms with Gasteiger partial charge >= 0.3 is 5.97 Å². The van der Waals surface area contributed by atoms with Crippen LogP contribution in [0.2, 0.25) is 0 Å². The van der Waals surface area contributed by atoms with Gasteiger partial charge in [0, 0.05) is 12.4 Å². The van der Waals surface area contributed by atoms with Gasteiger partial charge in [0.1, 0.15) is 6.61 Å². The molecule has 4 heteroatoms. The molecule has 15 heavy (non-hydrogen) atoms. The van der Waals surface area contributed by atoms with Gasteiger partial charge in [0.2, 0.25) is 0 Å². The summed E-state index contributed by atoms with van der Waals surface area (Å²) in [7, 11) is 0. The third-order valence-electron chi connectivity index (χ3n) is 2.10. The van der Waals surface area contributed by atoms with E-state index in [0.29, 0.717) is 5.69 Å². The van der Waals surface area contributed by atoms with Crippen molar-refractivity contribution < 1.29 is 9.53 Å². The quantitative estimate of drug-likeness (QED) is 0.694. The molecule has 1 atom stereocenters. The highest BCUT2D eigenvalue weighted by Gasteiger charge is 2.13. The summed E-state index contributed by atoms with van der Waals surface area (Å²) < 4.78 is 5.10. The first-order chi connectivity index (χ1) is 7.24. The van der Waals surface area contributed by atoms with Gasteiger partial charge in [-0.3, -0.25) is 14.8 Å². The maximum atomic E-state index is 11.4. The second kappa shape index (κ2) is 6.11. The van der Waals surface area contributed by atoms with Crippen LogP contribution in [0.15, 0.2) is 18.6 Å². The summed E-state index contributed by atoms with van der Waals surface area (Å²) in [6.07, 6.45) is 6.61. The molecular formula is C11H16N2O2. The Morgan fingerprint density at radius 1 is 1.53 bits per heavy atom. The number of hydrogen-bond donors (Lipinski definition) is 0. The Morgan fingerprint density at radius 2 is 2.33 bits per heavy atom. The summed E-state index contributed by atoms with van der Waals surface area (Å²) in [6, 6.07) is 0. The lowest BCUT2D eigenvalue weighted by Gasteiger charge is -2.09. The zero-order valence-electron chi connectivity index (χ0n) is 9.14. The topological polar surface area (TPSA) is 52.1 Å². The SMILES string of the molecule is CCCC(C)C(=O)OCc1cnccn1. The molecule has 0 amide bonds. The van der Waals surface area contributed by atoms with Gasteiger partial charge in [-0.1, -0.05) is 20.3 Å². The summed E-state index contributed by atoms with van der Waals surface area (Å²) in [4.78, 5) is 19.3. The molecular weight excluding hydrogens is 192 g/mol. The van der Waals surface area contributed by atoms with Crippen LogP contribution in [0.3, 0.4) is 0 Å². The van der Waals surface area contributed by atoms with Gasteiger partial charge in [0.15, 0.2) is 0 Å². The highest BCUT2D eigenvalue weighted by molar-refractivity contribution is 5.71. The fourth-order valence-corrected chi connectivity index (χ4v) is 1.24. The molecule has 0 saturated heterocycles. The molecule has 0 bridgehead atoms. The molecule has 0 radical (unpaired) electrons. The smallest absolute Gasteiger partial charge is 0.309 e. The van der Waals surface area contributed by atoms with E-state index in [2.05, 4.69) is 9.97 Å². The van der Waals surface area contributed by atoms with Crippen LogP contribution in [0, 0.1) is 5.92 Å². The standard InChI is InChI=1S/C11H16N2O2/c1-3-4-9(2)11(14)15-8-10-7-12-5-6-13-10/h5-7,9H,3-4,8H2,1-2H3. The second-order valence-corrected chi connectivity index (χ2v) is 3.49. The lowest BCUT2D eigenvalue weighted by Crippen LogP contribution is -2.14. The highest BCUT2D eigenvalue weighted by Crippen LogP contribution is 2.08. The molecule has 0 N–H and O–H groups in total. The molecule has 0 aliphatic rings. The maximum absolute atomic E-state index is 11.4. The molecule has 0 spiro atoms. The summed E-state index contributed by atoms with van der Waals surface area (Å²) in [5, 5.41) is 0. The average Bonchev–Trinajstić information content (AvgIpc) is 2.27. The van der Waals surface area contributed by atoms with Gasteiger partial charge in [-0.05, 0) is 6.42 Å². The van der Waals surface area contributed by atoms with E-state index >= 15 is 0 Å². The van der Waals surface area contributed by atoms with E-state index in [4.69, 9.17) is 4.74 Å². The van der Waals surface area contributed by atoms with Crippen molar-refractivity contribution in [3.05, 3.63) is 24.3 Å². The van der Waals surface area contributed by atoms with Crippen LogP contribution in [0.5, 0.6) is 0 Å². The van der Waals surface area contributed by atoms with E-state index in [1.807, 2.05) is 13.8 Å². The first-order valence-electron chi connectivity index (χ1n) is 5.15. The molecule has 1 heterocycles. The lowest BCUT2D eigenvalue weighted by molar-refractivity contribution is -0.149. The fourth-order valence-electron chi connectivity index (χ4n) is 1.24. The Balaban J connectivity index is 2.34. The minimum absolute atomic E-state index is 0.0355. The Morgan fingerprint density at radius 3 is 2.93 bits per heavy atom. The summed E-state index contributed by atoms with van der Waals surface area (Å²) >= 11 is 0. The van der Waals surface area contributed by atoms with Crippen molar-refractivity contribution in [3.63, 3.8) is 0 Å². The molecule has 0 saturated carbocycles. The normalized spacial score (nSPS) is 12.1. The van der Waals surface area contributed by atoms with Gasteiger partial charge in [-0.25, -0.2) is 0 Å². The van der Waals surface area contributed by atoms with Crippen molar-refractivity contribution in [1.82, 2.24) is 9.97 Å². The number of nitrogens with zero attached hydrogens (tertiary/aromatic N) is 2. The maximum Gasteiger partial charge on any atom is 0.309 e. The number of hydrogen-bond acceptors (Lipinski definition) is 4. The first kappa shape index (κ1) is 11.6. The van der Waals surface area contributed by atoms with Crippen molar-refractivity contribution >= 4 is 5.97 Å². The number of ether oxygens (including phenoxy) is 1. The highest BCUT2D eigenvalue weighted by atomic mass is 16.5. The van der Waals surface area contributed by atoms with Gasteiger partial charge < -0.3 is 4.74 Å². The van der Waals surface area contributed by atoms with Crippen LogP contribution in [0.1, 0.15) is 32.4 Å². The van der Waals surface area contributed by atoms with E-state index in [9.17, 15) is 4.79 Å². The Kier molecular flexibility index (Phi) is 4.74. The monoisotopic (exact) mass is 208 g/mol. The summed E-state index contributed by atoms with van der Waals surface area (Å²) in [5.74, 6) is -0.200. The van der Waals surface area contributed by atoms with Crippen LogP contribution in [0.25, 0.3) is 0 Å². The molecule has 1 rings (SSSR count).